The second-order valence-electron chi connectivity index (χ2n) is 4.47. The molecule has 2 aliphatic rings. The number of hydrogen-bond acceptors (Lipinski definition) is 3. The molecule has 0 radical (unpaired) electrons. The predicted molar refractivity (Wildman–Crippen MR) is 51.7 cm³/mol. The quantitative estimate of drug-likeness (QED) is 0.666. The maximum atomic E-state index is 13.5. The smallest absolute Gasteiger partial charge is 0.216 e. The van der Waals surface area contributed by atoms with Crippen LogP contribution in [0.3, 0.4) is 0 Å². The number of Topliss-reactive ketones (excluding diaryl/α,β-unsaturated/α-hetero) is 1. The van der Waals surface area contributed by atoms with Crippen LogP contribution >= 0.6 is 0 Å². The fraction of sp³-hybridized carbons (Fsp3) is 0.455. The number of rotatable bonds is 0. The molecule has 0 amide bonds. The van der Waals surface area contributed by atoms with Crippen molar-refractivity contribution in [2.45, 2.75) is 24.8 Å². The second kappa shape index (κ2) is 3.07. The molecule has 1 fully saturated rings. The number of nitrogens with two attached hydrogens (primary N) is 1. The SMILES string of the molecule is N[C@H]1C(=O)Cc2c(F)cc(F)nc2[C@H]2C[C@H]21. The lowest BCUT2D eigenvalue weighted by molar-refractivity contribution is -0.120. The molecular weight excluding hydrogens is 214 g/mol. The van der Waals surface area contributed by atoms with Crippen molar-refractivity contribution in [3.8, 4) is 0 Å². The van der Waals surface area contributed by atoms with E-state index in [1.807, 2.05) is 0 Å². The van der Waals surface area contributed by atoms with Gasteiger partial charge in [0.1, 0.15) is 5.82 Å². The summed E-state index contributed by atoms with van der Waals surface area (Å²) in [5, 5.41) is 0. The van der Waals surface area contributed by atoms with Gasteiger partial charge in [0.05, 0.1) is 11.7 Å². The minimum atomic E-state index is -0.829. The fourth-order valence-electron chi connectivity index (χ4n) is 2.47. The van der Waals surface area contributed by atoms with E-state index in [1.165, 1.54) is 0 Å². The summed E-state index contributed by atoms with van der Waals surface area (Å²) < 4.78 is 26.5. The molecule has 3 rings (SSSR count). The Kier molecular flexibility index (Phi) is 1.89. The summed E-state index contributed by atoms with van der Waals surface area (Å²) in [6, 6.07) is 0.169. The zero-order valence-corrected chi connectivity index (χ0v) is 8.41. The Morgan fingerprint density at radius 1 is 1.44 bits per heavy atom. The first-order chi connectivity index (χ1) is 7.58. The Morgan fingerprint density at radius 2 is 2.19 bits per heavy atom. The highest BCUT2D eigenvalue weighted by Crippen LogP contribution is 2.51. The zero-order chi connectivity index (χ0) is 11.4. The number of carbonyl (C=O) groups is 1. The first-order valence-corrected chi connectivity index (χ1v) is 5.21. The topological polar surface area (TPSA) is 56.0 Å². The van der Waals surface area contributed by atoms with E-state index in [0.29, 0.717) is 12.1 Å². The first-order valence-electron chi connectivity index (χ1n) is 5.21. The average Bonchev–Trinajstić information content (AvgIpc) is 2.99. The summed E-state index contributed by atoms with van der Waals surface area (Å²) in [5.41, 5.74) is 6.36. The van der Waals surface area contributed by atoms with Gasteiger partial charge < -0.3 is 5.73 Å². The molecule has 16 heavy (non-hydrogen) atoms. The lowest BCUT2D eigenvalue weighted by Gasteiger charge is -2.07. The Hall–Kier alpha value is -1.36. The van der Waals surface area contributed by atoms with Crippen LogP contribution in [0.5, 0.6) is 0 Å². The van der Waals surface area contributed by atoms with Gasteiger partial charge in [0.25, 0.3) is 0 Å². The molecule has 5 heteroatoms. The Morgan fingerprint density at radius 3 is 2.94 bits per heavy atom. The van der Waals surface area contributed by atoms with Crippen molar-refractivity contribution in [3.05, 3.63) is 29.1 Å². The fourth-order valence-corrected chi connectivity index (χ4v) is 2.47. The van der Waals surface area contributed by atoms with Gasteiger partial charge in [-0.05, 0) is 12.3 Å². The number of ketones is 1. The maximum Gasteiger partial charge on any atom is 0.216 e. The van der Waals surface area contributed by atoms with Gasteiger partial charge in [-0.25, -0.2) is 9.37 Å². The number of halogens is 2. The van der Waals surface area contributed by atoms with Gasteiger partial charge in [0.15, 0.2) is 5.78 Å². The summed E-state index contributed by atoms with van der Waals surface area (Å²) in [5.74, 6) is -1.72. The van der Waals surface area contributed by atoms with E-state index in [-0.39, 0.29) is 29.6 Å². The van der Waals surface area contributed by atoms with Gasteiger partial charge >= 0.3 is 0 Å². The molecule has 1 saturated carbocycles. The highest BCUT2D eigenvalue weighted by atomic mass is 19.1. The number of pyridine rings is 1. The van der Waals surface area contributed by atoms with Gasteiger partial charge in [-0.2, -0.15) is 4.39 Å². The van der Waals surface area contributed by atoms with Crippen molar-refractivity contribution in [1.82, 2.24) is 4.98 Å². The van der Waals surface area contributed by atoms with Gasteiger partial charge in [-0.1, -0.05) is 0 Å². The van der Waals surface area contributed by atoms with Crippen LogP contribution in [0.2, 0.25) is 0 Å². The standard InChI is InChI=1S/C11H10F2N2O/c12-7-3-9(13)15-11-5-1-4(5)10(14)8(16)2-6(7)11/h3-5,10H,1-2,14H2/t4-,5+,10-/m1/s1. The van der Waals surface area contributed by atoms with Crippen LogP contribution < -0.4 is 5.73 Å². The molecule has 0 bridgehead atoms. The number of carbonyl (C=O) groups excluding carboxylic acids is 1. The lowest BCUT2D eigenvalue weighted by Crippen LogP contribution is -2.33. The summed E-state index contributed by atoms with van der Waals surface area (Å²) in [6.45, 7) is 0. The van der Waals surface area contributed by atoms with Gasteiger partial charge in [0.2, 0.25) is 5.95 Å². The summed E-state index contributed by atoms with van der Waals surface area (Å²) >= 11 is 0. The molecule has 0 aromatic carbocycles. The molecule has 0 spiro atoms. The van der Waals surface area contributed by atoms with E-state index < -0.39 is 17.8 Å². The molecule has 1 aromatic rings. The molecule has 1 aromatic heterocycles. The largest absolute Gasteiger partial charge is 0.321 e. The molecule has 84 valence electrons. The Labute approximate surface area is 90.7 Å². The minimum Gasteiger partial charge on any atom is -0.321 e. The van der Waals surface area contributed by atoms with Crippen LogP contribution in [0.15, 0.2) is 6.07 Å². The second-order valence-corrected chi connectivity index (χ2v) is 4.47. The van der Waals surface area contributed by atoms with E-state index in [4.69, 9.17) is 5.73 Å². The Bertz CT molecular complexity index is 489. The van der Waals surface area contributed by atoms with Crippen molar-refractivity contribution in [1.29, 1.82) is 0 Å². The molecule has 2 N–H and O–H groups in total. The Balaban J connectivity index is 2.15. The first kappa shape index (κ1) is 9.84. The maximum absolute atomic E-state index is 13.5. The third-order valence-electron chi connectivity index (χ3n) is 3.45. The molecular formula is C11H10F2N2O. The van der Waals surface area contributed by atoms with E-state index >= 15 is 0 Å². The minimum absolute atomic E-state index is 0.0162. The van der Waals surface area contributed by atoms with Gasteiger partial charge in [-0.3, -0.25) is 4.79 Å². The molecule has 3 atom stereocenters. The molecule has 1 heterocycles. The van der Waals surface area contributed by atoms with Crippen molar-refractivity contribution in [2.24, 2.45) is 11.7 Å². The number of aromatic nitrogens is 1. The van der Waals surface area contributed by atoms with E-state index in [0.717, 1.165) is 6.07 Å². The number of fused-ring (bicyclic) bond motifs is 3. The van der Waals surface area contributed by atoms with Crippen molar-refractivity contribution in [3.63, 3.8) is 0 Å². The molecule has 3 nitrogen and oxygen atoms in total. The monoisotopic (exact) mass is 224 g/mol. The number of hydrogen-bond donors (Lipinski definition) is 1. The van der Waals surface area contributed by atoms with E-state index in [2.05, 4.69) is 4.98 Å². The zero-order valence-electron chi connectivity index (χ0n) is 8.41. The van der Waals surface area contributed by atoms with Crippen LogP contribution in [0.1, 0.15) is 23.6 Å². The molecule has 2 aliphatic carbocycles. The average molecular weight is 224 g/mol. The predicted octanol–water partition coefficient (Wildman–Crippen LogP) is 0.916. The van der Waals surface area contributed by atoms with E-state index in [9.17, 15) is 13.6 Å². The molecule has 0 unspecified atom stereocenters. The summed E-state index contributed by atoms with van der Waals surface area (Å²) in [4.78, 5) is 15.3. The van der Waals surface area contributed by atoms with Crippen molar-refractivity contribution < 1.29 is 13.6 Å². The van der Waals surface area contributed by atoms with Crippen LogP contribution in [0.25, 0.3) is 0 Å². The van der Waals surface area contributed by atoms with Crippen LogP contribution in [0.4, 0.5) is 8.78 Å². The van der Waals surface area contributed by atoms with Crippen LogP contribution in [-0.2, 0) is 11.2 Å². The summed E-state index contributed by atoms with van der Waals surface area (Å²) in [6.07, 6.45) is 0.637. The lowest BCUT2D eigenvalue weighted by atomic mass is 10.0. The molecule has 0 saturated heterocycles. The highest BCUT2D eigenvalue weighted by Gasteiger charge is 2.49. The number of nitrogens with zero attached hydrogens (tertiary/aromatic N) is 1. The third-order valence-corrected chi connectivity index (χ3v) is 3.45. The van der Waals surface area contributed by atoms with Crippen LogP contribution in [-0.4, -0.2) is 16.8 Å². The molecule has 0 aliphatic heterocycles. The third kappa shape index (κ3) is 1.28. The highest BCUT2D eigenvalue weighted by molar-refractivity contribution is 5.88. The van der Waals surface area contributed by atoms with Gasteiger partial charge in [0, 0.05) is 24.0 Å². The normalized spacial score (nSPS) is 31.7. The van der Waals surface area contributed by atoms with E-state index in [1.54, 1.807) is 0 Å². The van der Waals surface area contributed by atoms with Gasteiger partial charge in [-0.15, -0.1) is 0 Å². The van der Waals surface area contributed by atoms with Crippen LogP contribution in [0, 0.1) is 17.7 Å². The summed E-state index contributed by atoms with van der Waals surface area (Å²) in [7, 11) is 0. The van der Waals surface area contributed by atoms with Crippen molar-refractivity contribution >= 4 is 5.78 Å². The van der Waals surface area contributed by atoms with Crippen molar-refractivity contribution in [2.75, 3.05) is 0 Å².